The summed E-state index contributed by atoms with van der Waals surface area (Å²) in [6.07, 6.45) is 1.26. The van der Waals surface area contributed by atoms with Crippen LogP contribution in [0.25, 0.3) is 0 Å². The van der Waals surface area contributed by atoms with Crippen LogP contribution < -0.4 is 5.73 Å². The molecule has 4 aliphatic rings. The molecule has 1 saturated carbocycles. The Balaban J connectivity index is 1.28. The predicted molar refractivity (Wildman–Crippen MR) is 135 cm³/mol. The lowest BCUT2D eigenvalue weighted by molar-refractivity contribution is -0.148. The number of amides is 2. The molecule has 2 N–H and O–H groups in total. The van der Waals surface area contributed by atoms with Gasteiger partial charge in [-0.15, -0.1) is 0 Å². The minimum absolute atomic E-state index is 0.0396. The van der Waals surface area contributed by atoms with Gasteiger partial charge in [0.25, 0.3) is 0 Å². The summed E-state index contributed by atoms with van der Waals surface area (Å²) in [4.78, 5) is 33.3. The topological polar surface area (TPSA) is 69.9 Å². The summed E-state index contributed by atoms with van der Waals surface area (Å²) in [5.74, 6) is 0.210. The van der Waals surface area contributed by atoms with Crippen molar-refractivity contribution in [2.24, 2.45) is 5.73 Å². The molecule has 1 aromatic carbocycles. The first kappa shape index (κ1) is 26.5. The van der Waals surface area contributed by atoms with Gasteiger partial charge in [0.15, 0.2) is 0 Å². The molecule has 6 nitrogen and oxygen atoms in total. The van der Waals surface area contributed by atoms with E-state index in [9.17, 15) is 22.8 Å². The normalized spacial score (nSPS) is 31.5. The number of fused-ring (bicyclic) bond motifs is 1. The van der Waals surface area contributed by atoms with Crippen molar-refractivity contribution < 1.29 is 22.8 Å². The molecule has 5 rings (SSSR count). The summed E-state index contributed by atoms with van der Waals surface area (Å²) in [6.45, 7) is 1.03. The first-order chi connectivity index (χ1) is 17.6. The van der Waals surface area contributed by atoms with Gasteiger partial charge in [0.05, 0.1) is 6.04 Å². The molecule has 3 saturated heterocycles. The number of alkyl halides is 3. The van der Waals surface area contributed by atoms with E-state index in [0.717, 1.165) is 25.7 Å². The maximum absolute atomic E-state index is 14.0. The van der Waals surface area contributed by atoms with Gasteiger partial charge < -0.3 is 20.4 Å². The van der Waals surface area contributed by atoms with Crippen molar-refractivity contribution >= 4 is 11.8 Å². The van der Waals surface area contributed by atoms with Crippen LogP contribution in [0.5, 0.6) is 0 Å². The van der Waals surface area contributed by atoms with Crippen LogP contribution in [0.1, 0.15) is 75.7 Å². The monoisotopic (exact) mass is 520 g/mol. The highest BCUT2D eigenvalue weighted by Crippen LogP contribution is 2.54. The maximum atomic E-state index is 14.0. The quantitative estimate of drug-likeness (QED) is 0.615. The van der Waals surface area contributed by atoms with E-state index < -0.39 is 24.7 Å². The van der Waals surface area contributed by atoms with E-state index in [2.05, 4.69) is 17.0 Å². The molecular formula is C28H39F3N4O2. The Hall–Kier alpha value is -2.13. The number of nitrogens with two attached hydrogens (primary N) is 1. The first-order valence-electron chi connectivity index (χ1n) is 13.8. The van der Waals surface area contributed by atoms with Gasteiger partial charge in [-0.1, -0.05) is 30.3 Å². The Morgan fingerprint density at radius 2 is 1.86 bits per heavy atom. The predicted octanol–water partition coefficient (Wildman–Crippen LogP) is 4.05. The summed E-state index contributed by atoms with van der Waals surface area (Å²) in [6, 6.07) is 9.10. The molecule has 3 aliphatic heterocycles. The van der Waals surface area contributed by atoms with Crippen molar-refractivity contribution in [3.63, 3.8) is 0 Å². The summed E-state index contributed by atoms with van der Waals surface area (Å²) in [5.41, 5.74) is 7.50. The van der Waals surface area contributed by atoms with Gasteiger partial charge in [-0.3, -0.25) is 9.59 Å². The highest BCUT2D eigenvalue weighted by Gasteiger charge is 2.58. The fraction of sp³-hybridized carbons (Fsp3) is 0.714. The molecule has 0 unspecified atom stereocenters. The highest BCUT2D eigenvalue weighted by atomic mass is 19.4. The Labute approximate surface area is 217 Å². The second kappa shape index (κ2) is 10.2. The lowest BCUT2D eigenvalue weighted by Gasteiger charge is -2.40. The number of benzene rings is 1. The van der Waals surface area contributed by atoms with Crippen LogP contribution in [0.15, 0.2) is 30.3 Å². The third-order valence-electron chi connectivity index (χ3n) is 9.27. The zero-order chi connectivity index (χ0) is 26.4. The number of likely N-dealkylation sites (tertiary alicyclic amines) is 1. The van der Waals surface area contributed by atoms with Gasteiger partial charge in [-0.2, -0.15) is 13.2 Å². The summed E-state index contributed by atoms with van der Waals surface area (Å²) >= 11 is 0. The molecule has 1 aliphatic carbocycles. The van der Waals surface area contributed by atoms with Crippen LogP contribution in [-0.4, -0.2) is 82.5 Å². The van der Waals surface area contributed by atoms with Crippen molar-refractivity contribution in [3.8, 4) is 0 Å². The van der Waals surface area contributed by atoms with Crippen LogP contribution in [0.2, 0.25) is 0 Å². The third-order valence-corrected chi connectivity index (χ3v) is 9.27. The molecule has 2 amide bonds. The Morgan fingerprint density at radius 1 is 1.14 bits per heavy atom. The fourth-order valence-electron chi connectivity index (χ4n) is 7.04. The Morgan fingerprint density at radius 3 is 2.54 bits per heavy atom. The Kier molecular flexibility index (Phi) is 7.31. The van der Waals surface area contributed by atoms with E-state index in [4.69, 9.17) is 5.73 Å². The first-order valence-corrected chi connectivity index (χ1v) is 13.8. The van der Waals surface area contributed by atoms with Gasteiger partial charge in [0.1, 0.15) is 6.04 Å². The summed E-state index contributed by atoms with van der Waals surface area (Å²) in [5, 5.41) is 0. The number of carbonyl (C=O) groups is 2. The van der Waals surface area contributed by atoms with E-state index in [1.165, 1.54) is 5.56 Å². The molecule has 1 aromatic rings. The van der Waals surface area contributed by atoms with Gasteiger partial charge >= 0.3 is 6.18 Å². The van der Waals surface area contributed by atoms with Crippen molar-refractivity contribution in [1.29, 1.82) is 0 Å². The number of carbonyl (C=O) groups excluding carboxylic acids is 2. The lowest BCUT2D eigenvalue weighted by Crippen LogP contribution is -2.57. The zero-order valence-corrected chi connectivity index (χ0v) is 21.6. The molecule has 204 valence electrons. The van der Waals surface area contributed by atoms with Crippen molar-refractivity contribution in [3.05, 3.63) is 35.9 Å². The van der Waals surface area contributed by atoms with Crippen LogP contribution in [0.4, 0.5) is 13.2 Å². The van der Waals surface area contributed by atoms with Gasteiger partial charge in [-0.05, 0) is 76.9 Å². The SMILES string of the molecule is CN(CCCC(F)(F)F)[C@H]1CC[C@H](N)C(=O)N2[C@H](CC[C@H]2C(=O)N2C[C@H](c3ccccc3)CC23CC3)C1. The smallest absolute Gasteiger partial charge is 0.335 e. The van der Waals surface area contributed by atoms with Gasteiger partial charge in [0.2, 0.25) is 11.8 Å². The summed E-state index contributed by atoms with van der Waals surface area (Å²) < 4.78 is 37.9. The van der Waals surface area contributed by atoms with Gasteiger partial charge in [0, 0.05) is 36.5 Å². The standard InChI is InChI=1S/C28H39F3N4O2/c1-33(15-5-12-28(29,30)31)21-8-10-23(32)25(36)35-22(16-21)9-11-24(35)26(37)34-18-20(17-27(34)13-14-27)19-6-3-2-4-7-19/h2-4,6-7,20-24H,5,8-18,32H2,1H3/t20-,21+,22-,23+,24+/m1/s1. The van der Waals surface area contributed by atoms with E-state index in [1.807, 2.05) is 30.1 Å². The molecule has 37 heavy (non-hydrogen) atoms. The highest BCUT2D eigenvalue weighted by molar-refractivity contribution is 5.91. The molecule has 1 spiro atoms. The van der Waals surface area contributed by atoms with Crippen molar-refractivity contribution in [2.75, 3.05) is 20.1 Å². The van der Waals surface area contributed by atoms with Crippen LogP contribution in [0.3, 0.4) is 0 Å². The minimum atomic E-state index is -4.15. The molecule has 5 atom stereocenters. The molecule has 0 aromatic heterocycles. The summed E-state index contributed by atoms with van der Waals surface area (Å²) in [7, 11) is 1.86. The number of nitrogens with zero attached hydrogens (tertiary/aromatic N) is 3. The second-order valence-electron chi connectivity index (χ2n) is 11.8. The van der Waals surface area contributed by atoms with Crippen LogP contribution in [0, 0.1) is 0 Å². The molecule has 9 heteroatoms. The second-order valence-corrected chi connectivity index (χ2v) is 11.8. The average Bonchev–Trinajstić information content (AvgIpc) is 3.35. The number of halogens is 3. The maximum Gasteiger partial charge on any atom is 0.389 e. The van der Waals surface area contributed by atoms with E-state index in [-0.39, 0.29) is 35.9 Å². The van der Waals surface area contributed by atoms with Crippen LogP contribution in [-0.2, 0) is 9.59 Å². The van der Waals surface area contributed by atoms with Crippen molar-refractivity contribution in [2.45, 2.75) is 106 Å². The number of rotatable bonds is 6. The molecule has 4 fully saturated rings. The zero-order valence-electron chi connectivity index (χ0n) is 21.6. The minimum Gasteiger partial charge on any atom is -0.335 e. The lowest BCUT2D eigenvalue weighted by atomic mass is 9.94. The third kappa shape index (κ3) is 5.53. The Bertz CT molecular complexity index is 983. The van der Waals surface area contributed by atoms with Crippen LogP contribution >= 0.6 is 0 Å². The molecule has 0 radical (unpaired) electrons. The van der Waals surface area contributed by atoms with E-state index in [0.29, 0.717) is 44.7 Å². The van der Waals surface area contributed by atoms with Gasteiger partial charge in [-0.25, -0.2) is 0 Å². The fourth-order valence-corrected chi connectivity index (χ4v) is 7.04. The molecular weight excluding hydrogens is 481 g/mol. The number of hydrogen-bond donors (Lipinski definition) is 1. The largest absolute Gasteiger partial charge is 0.389 e. The molecule has 0 bridgehead atoms. The van der Waals surface area contributed by atoms with Crippen molar-refractivity contribution in [1.82, 2.24) is 14.7 Å². The van der Waals surface area contributed by atoms with E-state index >= 15 is 0 Å². The average molecular weight is 521 g/mol. The number of hydrogen-bond acceptors (Lipinski definition) is 4. The van der Waals surface area contributed by atoms with E-state index in [1.54, 1.807) is 4.90 Å². The molecule has 3 heterocycles.